The van der Waals surface area contributed by atoms with E-state index in [1.54, 1.807) is 6.92 Å². The predicted octanol–water partition coefficient (Wildman–Crippen LogP) is 1.89. The number of hydrogen-bond acceptors (Lipinski definition) is 4. The van der Waals surface area contributed by atoms with Gasteiger partial charge in [-0.05, 0) is 32.3 Å². The van der Waals surface area contributed by atoms with Gasteiger partial charge >= 0.3 is 5.97 Å². The second kappa shape index (κ2) is 5.90. The van der Waals surface area contributed by atoms with Crippen molar-refractivity contribution in [3.05, 3.63) is 39.4 Å². The molecule has 0 radical (unpaired) electrons. The summed E-state index contributed by atoms with van der Waals surface area (Å²) < 4.78 is 0. The van der Waals surface area contributed by atoms with E-state index in [1.807, 2.05) is 0 Å². The third-order valence-electron chi connectivity index (χ3n) is 3.79. The molecule has 1 saturated carbocycles. The van der Waals surface area contributed by atoms with E-state index in [9.17, 15) is 19.7 Å². The monoisotopic (exact) mass is 292 g/mol. The Bertz CT molecular complexity index is 599. The summed E-state index contributed by atoms with van der Waals surface area (Å²) in [6.45, 7) is 1.61. The van der Waals surface area contributed by atoms with Crippen molar-refractivity contribution >= 4 is 17.6 Å². The van der Waals surface area contributed by atoms with Gasteiger partial charge in [-0.15, -0.1) is 0 Å². The zero-order chi connectivity index (χ0) is 15.6. The van der Waals surface area contributed by atoms with Crippen LogP contribution in [-0.2, 0) is 4.79 Å². The number of aliphatic carboxylic acids is 1. The summed E-state index contributed by atoms with van der Waals surface area (Å²) in [6, 6.07) is 4.11. The minimum atomic E-state index is -0.849. The van der Waals surface area contributed by atoms with Crippen LogP contribution in [0.1, 0.15) is 35.2 Å². The van der Waals surface area contributed by atoms with Crippen LogP contribution in [0.2, 0.25) is 0 Å². The van der Waals surface area contributed by atoms with E-state index in [0.717, 1.165) is 0 Å². The highest BCUT2D eigenvalue weighted by Crippen LogP contribution is 2.26. The maximum absolute atomic E-state index is 12.1. The standard InChI is InChI=1S/C14H16N2O5/c1-8-2-3-9(7-12(8)16(20)21)13(17)15-11-5-4-10(6-11)14(18)19/h2-3,7,10-11H,4-6H2,1H3,(H,15,17)(H,18,19). The Kier molecular flexibility index (Phi) is 4.21. The smallest absolute Gasteiger partial charge is 0.306 e. The SMILES string of the molecule is Cc1ccc(C(=O)NC2CCC(C(=O)O)C2)cc1[N+](=O)[O-]. The number of carboxylic acids is 1. The first-order valence-electron chi connectivity index (χ1n) is 6.67. The van der Waals surface area contributed by atoms with Gasteiger partial charge in [0.15, 0.2) is 0 Å². The van der Waals surface area contributed by atoms with Crippen molar-refractivity contribution in [2.75, 3.05) is 0 Å². The van der Waals surface area contributed by atoms with Gasteiger partial charge < -0.3 is 10.4 Å². The largest absolute Gasteiger partial charge is 0.481 e. The molecule has 1 aliphatic carbocycles. The Morgan fingerprint density at radius 3 is 2.67 bits per heavy atom. The lowest BCUT2D eigenvalue weighted by Gasteiger charge is -2.12. The number of hydrogen-bond donors (Lipinski definition) is 2. The van der Waals surface area contributed by atoms with E-state index < -0.39 is 22.7 Å². The highest BCUT2D eigenvalue weighted by atomic mass is 16.6. The van der Waals surface area contributed by atoms with Crippen molar-refractivity contribution in [1.82, 2.24) is 5.32 Å². The Labute approximate surface area is 121 Å². The fourth-order valence-electron chi connectivity index (χ4n) is 2.55. The number of aryl methyl sites for hydroxylation is 1. The molecule has 7 nitrogen and oxygen atoms in total. The van der Waals surface area contributed by atoms with Crippen LogP contribution < -0.4 is 5.32 Å². The summed E-state index contributed by atoms with van der Waals surface area (Å²) in [5, 5.41) is 22.5. The van der Waals surface area contributed by atoms with Crippen LogP contribution in [0.5, 0.6) is 0 Å². The Morgan fingerprint density at radius 1 is 1.38 bits per heavy atom. The number of amides is 1. The maximum atomic E-state index is 12.1. The number of carbonyl (C=O) groups excluding carboxylic acids is 1. The molecule has 1 aliphatic rings. The highest BCUT2D eigenvalue weighted by molar-refractivity contribution is 5.95. The van der Waals surface area contributed by atoms with E-state index in [2.05, 4.69) is 5.32 Å². The minimum Gasteiger partial charge on any atom is -0.481 e. The van der Waals surface area contributed by atoms with E-state index in [1.165, 1.54) is 18.2 Å². The number of nitrogens with zero attached hydrogens (tertiary/aromatic N) is 1. The molecule has 1 fully saturated rings. The summed E-state index contributed by atoms with van der Waals surface area (Å²) in [5.74, 6) is -1.69. The van der Waals surface area contributed by atoms with E-state index >= 15 is 0 Å². The molecular weight excluding hydrogens is 276 g/mol. The summed E-state index contributed by atoms with van der Waals surface area (Å²) in [5.41, 5.74) is 0.604. The zero-order valence-electron chi connectivity index (χ0n) is 11.5. The summed E-state index contributed by atoms with van der Waals surface area (Å²) in [6.07, 6.45) is 1.54. The molecule has 21 heavy (non-hydrogen) atoms. The van der Waals surface area contributed by atoms with Crippen molar-refractivity contribution < 1.29 is 19.6 Å². The van der Waals surface area contributed by atoms with E-state index in [-0.39, 0.29) is 17.3 Å². The summed E-state index contributed by atoms with van der Waals surface area (Å²) in [7, 11) is 0. The number of nitro groups is 1. The number of carbonyl (C=O) groups is 2. The average Bonchev–Trinajstić information content (AvgIpc) is 2.87. The molecule has 7 heteroatoms. The first-order valence-corrected chi connectivity index (χ1v) is 6.67. The fraction of sp³-hybridized carbons (Fsp3) is 0.429. The molecule has 0 bridgehead atoms. The molecule has 1 aromatic rings. The number of nitrogens with one attached hydrogen (secondary N) is 1. The lowest BCUT2D eigenvalue weighted by Crippen LogP contribution is -2.33. The zero-order valence-corrected chi connectivity index (χ0v) is 11.5. The van der Waals surface area contributed by atoms with Crippen molar-refractivity contribution in [2.24, 2.45) is 5.92 Å². The molecule has 2 N–H and O–H groups in total. The van der Waals surface area contributed by atoms with Gasteiger partial charge in [-0.25, -0.2) is 0 Å². The van der Waals surface area contributed by atoms with E-state index in [0.29, 0.717) is 24.8 Å². The van der Waals surface area contributed by atoms with Gasteiger partial charge in [-0.2, -0.15) is 0 Å². The fourth-order valence-corrected chi connectivity index (χ4v) is 2.55. The van der Waals surface area contributed by atoms with Crippen LogP contribution >= 0.6 is 0 Å². The van der Waals surface area contributed by atoms with E-state index in [4.69, 9.17) is 5.11 Å². The first-order chi connectivity index (χ1) is 9.88. The lowest BCUT2D eigenvalue weighted by molar-refractivity contribution is -0.385. The Balaban J connectivity index is 2.06. The van der Waals surface area contributed by atoms with Gasteiger partial charge in [-0.1, -0.05) is 6.07 Å². The molecule has 0 aliphatic heterocycles. The average molecular weight is 292 g/mol. The molecular formula is C14H16N2O5. The molecule has 0 saturated heterocycles. The van der Waals surface area contributed by atoms with Gasteiger partial charge in [0.05, 0.1) is 10.8 Å². The topological polar surface area (TPSA) is 110 Å². The summed E-state index contributed by atoms with van der Waals surface area (Å²) >= 11 is 0. The van der Waals surface area contributed by atoms with Crippen LogP contribution in [-0.4, -0.2) is 27.9 Å². The number of carboxylic acid groups (broad SMARTS) is 1. The number of benzene rings is 1. The van der Waals surface area contributed by atoms with Crippen molar-refractivity contribution in [2.45, 2.75) is 32.2 Å². The quantitative estimate of drug-likeness (QED) is 0.650. The molecule has 2 atom stereocenters. The number of rotatable bonds is 4. The minimum absolute atomic E-state index is 0.0996. The summed E-state index contributed by atoms with van der Waals surface area (Å²) in [4.78, 5) is 33.3. The Morgan fingerprint density at radius 2 is 2.10 bits per heavy atom. The van der Waals surface area contributed by atoms with Gasteiger partial charge in [-0.3, -0.25) is 19.7 Å². The molecule has 1 amide bonds. The van der Waals surface area contributed by atoms with Crippen LogP contribution in [0.3, 0.4) is 0 Å². The Hall–Kier alpha value is -2.44. The normalized spacial score (nSPS) is 21.0. The van der Waals surface area contributed by atoms with Crippen molar-refractivity contribution in [3.63, 3.8) is 0 Å². The van der Waals surface area contributed by atoms with Gasteiger partial charge in [0.2, 0.25) is 0 Å². The third kappa shape index (κ3) is 3.36. The molecule has 0 spiro atoms. The molecule has 0 aromatic heterocycles. The molecule has 2 rings (SSSR count). The highest BCUT2D eigenvalue weighted by Gasteiger charge is 2.30. The molecule has 112 valence electrons. The predicted molar refractivity (Wildman–Crippen MR) is 74.1 cm³/mol. The lowest BCUT2D eigenvalue weighted by atomic mass is 10.1. The molecule has 2 unspecified atom stereocenters. The van der Waals surface area contributed by atoms with Gasteiger partial charge in [0.25, 0.3) is 11.6 Å². The van der Waals surface area contributed by atoms with Gasteiger partial charge in [0.1, 0.15) is 0 Å². The van der Waals surface area contributed by atoms with Crippen molar-refractivity contribution in [1.29, 1.82) is 0 Å². The van der Waals surface area contributed by atoms with Crippen LogP contribution in [0, 0.1) is 23.0 Å². The van der Waals surface area contributed by atoms with Crippen LogP contribution in [0.25, 0.3) is 0 Å². The third-order valence-corrected chi connectivity index (χ3v) is 3.79. The molecule has 1 aromatic carbocycles. The second-order valence-corrected chi connectivity index (χ2v) is 5.28. The molecule has 0 heterocycles. The van der Waals surface area contributed by atoms with Crippen LogP contribution in [0.4, 0.5) is 5.69 Å². The number of nitro benzene ring substituents is 1. The first kappa shape index (κ1) is 15.0. The van der Waals surface area contributed by atoms with Crippen molar-refractivity contribution in [3.8, 4) is 0 Å². The van der Waals surface area contributed by atoms with Gasteiger partial charge in [0, 0.05) is 23.2 Å². The second-order valence-electron chi connectivity index (χ2n) is 5.28. The maximum Gasteiger partial charge on any atom is 0.306 e. The van der Waals surface area contributed by atoms with Crippen LogP contribution in [0.15, 0.2) is 18.2 Å².